The summed E-state index contributed by atoms with van der Waals surface area (Å²) in [6.45, 7) is 0.285. The first-order valence-corrected chi connectivity index (χ1v) is 10.3. The molecular formula is C20H22F3N7O5. The van der Waals surface area contributed by atoms with Crippen molar-refractivity contribution >= 4 is 5.91 Å². The van der Waals surface area contributed by atoms with Crippen molar-refractivity contribution in [2.75, 3.05) is 13.2 Å². The van der Waals surface area contributed by atoms with E-state index in [1.807, 2.05) is 19.1 Å². The number of aliphatic hydroxyl groups is 1. The van der Waals surface area contributed by atoms with Gasteiger partial charge < -0.3 is 10.4 Å². The molecule has 0 saturated carbocycles. The fourth-order valence-corrected chi connectivity index (χ4v) is 3.04. The average molecular weight is 497 g/mol. The molecule has 2 aromatic heterocycles. The van der Waals surface area contributed by atoms with Gasteiger partial charge >= 0.3 is 12.1 Å². The summed E-state index contributed by atoms with van der Waals surface area (Å²) in [6.07, 6.45) is -4.80. The number of carbonyl (C=O) groups is 1. The van der Waals surface area contributed by atoms with Crippen LogP contribution < -0.4 is 16.6 Å². The largest absolute Gasteiger partial charge is 0.522 e. The quantitative estimate of drug-likeness (QED) is 0.390. The molecular weight excluding hydrogens is 475 g/mol. The van der Waals surface area contributed by atoms with Crippen LogP contribution in [0.4, 0.5) is 13.2 Å². The number of hydrogen-bond acceptors (Lipinski definition) is 8. The molecule has 3 aromatic rings. The number of benzene rings is 1. The second kappa shape index (κ2) is 10.6. The predicted molar refractivity (Wildman–Crippen MR) is 113 cm³/mol. The lowest BCUT2D eigenvalue weighted by atomic mass is 10.1. The Balaban J connectivity index is 1.71. The van der Waals surface area contributed by atoms with Crippen molar-refractivity contribution in [2.45, 2.75) is 32.5 Å². The fraction of sp³-hybridized carbons (Fsp3) is 0.400. The summed E-state index contributed by atoms with van der Waals surface area (Å²) in [5, 5.41) is 24.3. The summed E-state index contributed by atoms with van der Waals surface area (Å²) in [5.41, 5.74) is -0.491. The molecule has 0 aliphatic carbocycles. The van der Waals surface area contributed by atoms with Crippen LogP contribution in [0.5, 0.6) is 0 Å². The standard InChI is InChI=1S/C20H22F3N7O5/c1-12-3-5-13(6-4-12)15(31)10-30-26-16(25-27-30)11-29-9-14(18(33)28(2)19(29)34)17(32)24-7-8-35-20(21,22)23/h3-6,9,15,31H,7-8,10-11H2,1-2H3,(H,24,32)/t15-/m0/s1. The van der Waals surface area contributed by atoms with Crippen LogP contribution in [0.1, 0.15) is 33.4 Å². The highest BCUT2D eigenvalue weighted by molar-refractivity contribution is 5.93. The first-order valence-electron chi connectivity index (χ1n) is 10.3. The number of nitrogens with zero attached hydrogens (tertiary/aromatic N) is 6. The van der Waals surface area contributed by atoms with Crippen molar-refractivity contribution in [3.05, 3.63) is 73.8 Å². The number of carbonyl (C=O) groups excluding carboxylic acids is 1. The van der Waals surface area contributed by atoms with Gasteiger partial charge in [-0.25, -0.2) is 4.79 Å². The molecule has 0 fully saturated rings. The van der Waals surface area contributed by atoms with Crippen LogP contribution in [-0.4, -0.2) is 59.9 Å². The molecule has 3 rings (SSSR count). The molecule has 1 aromatic carbocycles. The molecule has 0 aliphatic rings. The number of alkyl halides is 3. The Labute approximate surface area is 195 Å². The van der Waals surface area contributed by atoms with Gasteiger partial charge in [0.2, 0.25) is 0 Å². The molecule has 188 valence electrons. The number of aliphatic hydroxyl groups excluding tert-OH is 1. The zero-order chi connectivity index (χ0) is 25.8. The van der Waals surface area contributed by atoms with Gasteiger partial charge in [-0.3, -0.25) is 23.5 Å². The summed E-state index contributed by atoms with van der Waals surface area (Å²) in [7, 11) is 1.15. The van der Waals surface area contributed by atoms with Crippen LogP contribution in [0.2, 0.25) is 0 Å². The maximum Gasteiger partial charge on any atom is 0.522 e. The van der Waals surface area contributed by atoms with Gasteiger partial charge in [-0.1, -0.05) is 29.8 Å². The van der Waals surface area contributed by atoms with Gasteiger partial charge in [-0.15, -0.1) is 23.4 Å². The molecule has 0 saturated heterocycles. The van der Waals surface area contributed by atoms with E-state index in [1.165, 1.54) is 0 Å². The molecule has 12 nitrogen and oxygen atoms in total. The van der Waals surface area contributed by atoms with E-state index in [-0.39, 0.29) is 18.9 Å². The first kappa shape index (κ1) is 25.8. The first-order chi connectivity index (χ1) is 16.4. The summed E-state index contributed by atoms with van der Waals surface area (Å²) in [5.74, 6) is -0.922. The van der Waals surface area contributed by atoms with Crippen LogP contribution in [0, 0.1) is 6.92 Å². The Kier molecular flexibility index (Phi) is 7.81. The molecule has 0 radical (unpaired) electrons. The molecule has 0 aliphatic heterocycles. The van der Waals surface area contributed by atoms with Gasteiger partial charge in [-0.2, -0.15) is 4.80 Å². The number of aryl methyl sites for hydroxylation is 1. The lowest BCUT2D eigenvalue weighted by Gasteiger charge is -2.11. The highest BCUT2D eigenvalue weighted by atomic mass is 19.4. The third-order valence-corrected chi connectivity index (χ3v) is 4.85. The molecule has 2 heterocycles. The Morgan fingerprint density at radius 2 is 1.91 bits per heavy atom. The highest BCUT2D eigenvalue weighted by Gasteiger charge is 2.28. The van der Waals surface area contributed by atoms with Crippen molar-refractivity contribution in [3.63, 3.8) is 0 Å². The molecule has 1 atom stereocenters. The van der Waals surface area contributed by atoms with E-state index in [9.17, 15) is 32.7 Å². The number of nitrogens with one attached hydrogen (secondary N) is 1. The summed E-state index contributed by atoms with van der Waals surface area (Å²) < 4.78 is 41.3. The number of hydrogen-bond donors (Lipinski definition) is 2. The zero-order valence-corrected chi connectivity index (χ0v) is 18.7. The minimum absolute atomic E-state index is 0.00805. The minimum atomic E-state index is -4.85. The Morgan fingerprint density at radius 1 is 1.23 bits per heavy atom. The van der Waals surface area contributed by atoms with E-state index in [1.54, 1.807) is 12.1 Å². The van der Waals surface area contributed by atoms with Crippen LogP contribution in [-0.2, 0) is 24.9 Å². The number of aromatic nitrogens is 6. The Hall–Kier alpha value is -3.85. The number of rotatable bonds is 9. The SMILES string of the molecule is Cc1ccc([C@@H](O)Cn2nnc(Cn3cc(C(=O)NCCOC(F)(F)F)c(=O)n(C)c3=O)n2)cc1. The lowest BCUT2D eigenvalue weighted by Crippen LogP contribution is -2.43. The number of tetrazole rings is 1. The molecule has 15 heteroatoms. The van der Waals surface area contributed by atoms with Gasteiger partial charge in [0.1, 0.15) is 11.7 Å². The smallest absolute Gasteiger partial charge is 0.386 e. The topological polar surface area (TPSA) is 146 Å². The maximum atomic E-state index is 12.5. The van der Waals surface area contributed by atoms with Crippen molar-refractivity contribution in [3.8, 4) is 0 Å². The van der Waals surface area contributed by atoms with Crippen molar-refractivity contribution in [2.24, 2.45) is 7.05 Å². The average Bonchev–Trinajstić information content (AvgIpc) is 3.23. The van der Waals surface area contributed by atoms with Crippen LogP contribution in [0.15, 0.2) is 40.1 Å². The van der Waals surface area contributed by atoms with E-state index >= 15 is 0 Å². The van der Waals surface area contributed by atoms with E-state index in [4.69, 9.17) is 0 Å². The number of amides is 1. The lowest BCUT2D eigenvalue weighted by molar-refractivity contribution is -0.323. The third-order valence-electron chi connectivity index (χ3n) is 4.85. The van der Waals surface area contributed by atoms with Gasteiger partial charge in [-0.05, 0) is 17.7 Å². The van der Waals surface area contributed by atoms with Crippen LogP contribution in [0.3, 0.4) is 0 Å². The monoisotopic (exact) mass is 497 g/mol. The summed E-state index contributed by atoms with van der Waals surface area (Å²) in [6, 6.07) is 7.23. The van der Waals surface area contributed by atoms with E-state index in [0.717, 1.165) is 28.2 Å². The molecule has 0 spiro atoms. The van der Waals surface area contributed by atoms with Crippen LogP contribution in [0.25, 0.3) is 0 Å². The highest BCUT2D eigenvalue weighted by Crippen LogP contribution is 2.15. The van der Waals surface area contributed by atoms with Crippen molar-refractivity contribution in [1.29, 1.82) is 0 Å². The van der Waals surface area contributed by atoms with Gasteiger partial charge in [0.05, 0.1) is 19.7 Å². The molecule has 0 bridgehead atoms. The molecule has 1 amide bonds. The van der Waals surface area contributed by atoms with E-state index < -0.39 is 48.3 Å². The van der Waals surface area contributed by atoms with Gasteiger partial charge in [0.15, 0.2) is 5.82 Å². The Bertz CT molecular complexity index is 1300. The third kappa shape index (κ3) is 6.83. The minimum Gasteiger partial charge on any atom is -0.386 e. The van der Waals surface area contributed by atoms with Gasteiger partial charge in [0, 0.05) is 19.8 Å². The second-order valence-corrected chi connectivity index (χ2v) is 7.55. The second-order valence-electron chi connectivity index (χ2n) is 7.55. The summed E-state index contributed by atoms with van der Waals surface area (Å²) in [4.78, 5) is 38.2. The maximum absolute atomic E-state index is 12.5. The zero-order valence-electron chi connectivity index (χ0n) is 18.7. The van der Waals surface area contributed by atoms with Gasteiger partial charge in [0.25, 0.3) is 11.5 Å². The Morgan fingerprint density at radius 3 is 2.57 bits per heavy atom. The van der Waals surface area contributed by atoms with Crippen molar-refractivity contribution in [1.82, 2.24) is 34.7 Å². The normalized spacial score (nSPS) is 12.5. The molecule has 35 heavy (non-hydrogen) atoms. The predicted octanol–water partition coefficient (Wildman–Crippen LogP) is -0.110. The summed E-state index contributed by atoms with van der Waals surface area (Å²) >= 11 is 0. The van der Waals surface area contributed by atoms with E-state index in [0.29, 0.717) is 10.1 Å². The van der Waals surface area contributed by atoms with E-state index in [2.05, 4.69) is 25.5 Å². The van der Waals surface area contributed by atoms with Crippen LogP contribution >= 0.6 is 0 Å². The molecule has 2 N–H and O–H groups in total. The molecule has 0 unspecified atom stereocenters. The number of halogens is 3. The number of ether oxygens (including phenoxy) is 1. The fourth-order valence-electron chi connectivity index (χ4n) is 3.04. The van der Waals surface area contributed by atoms with Crippen molar-refractivity contribution < 1.29 is 27.8 Å².